The van der Waals surface area contributed by atoms with Gasteiger partial charge in [0.2, 0.25) is 5.91 Å². The zero-order valence-corrected chi connectivity index (χ0v) is 13.9. The summed E-state index contributed by atoms with van der Waals surface area (Å²) in [6, 6.07) is 0.315. The molecule has 0 radical (unpaired) electrons. The van der Waals surface area contributed by atoms with Crippen molar-refractivity contribution in [2.45, 2.75) is 63.6 Å². The molecule has 0 saturated carbocycles. The van der Waals surface area contributed by atoms with Crippen LogP contribution in [0.5, 0.6) is 0 Å². The van der Waals surface area contributed by atoms with Crippen LogP contribution >= 0.6 is 0 Å². The van der Waals surface area contributed by atoms with E-state index in [0.29, 0.717) is 31.5 Å². The molecule has 7 nitrogen and oxygen atoms in total. The first-order chi connectivity index (χ1) is 10.9. The molecule has 128 valence electrons. The summed E-state index contributed by atoms with van der Waals surface area (Å²) in [5.74, 6) is -0.0542. The summed E-state index contributed by atoms with van der Waals surface area (Å²) in [5, 5.41) is 6.05. The highest BCUT2D eigenvalue weighted by molar-refractivity contribution is 6.06. The molecule has 0 spiro atoms. The van der Waals surface area contributed by atoms with Crippen LogP contribution in [0.25, 0.3) is 0 Å². The second-order valence-electron chi connectivity index (χ2n) is 7.29. The van der Waals surface area contributed by atoms with E-state index in [9.17, 15) is 14.4 Å². The number of carbonyl (C=O) groups is 3. The van der Waals surface area contributed by atoms with Crippen molar-refractivity contribution in [2.75, 3.05) is 19.6 Å². The van der Waals surface area contributed by atoms with Crippen LogP contribution in [0.1, 0.15) is 46.0 Å². The summed E-state index contributed by atoms with van der Waals surface area (Å²) in [6.45, 7) is 5.55. The van der Waals surface area contributed by atoms with Gasteiger partial charge in [0, 0.05) is 31.6 Å². The molecule has 4 amide bonds. The van der Waals surface area contributed by atoms with Crippen LogP contribution in [0.2, 0.25) is 0 Å². The van der Waals surface area contributed by atoms with E-state index in [1.165, 1.54) is 4.90 Å². The monoisotopic (exact) mass is 322 g/mol. The maximum atomic E-state index is 12.6. The van der Waals surface area contributed by atoms with Gasteiger partial charge in [-0.05, 0) is 46.1 Å². The number of hydrogen-bond donors (Lipinski definition) is 2. The molecular formula is C16H26N4O3. The molecular weight excluding hydrogens is 296 g/mol. The van der Waals surface area contributed by atoms with E-state index < -0.39 is 5.54 Å². The molecule has 3 aliphatic rings. The lowest BCUT2D eigenvalue weighted by Crippen LogP contribution is -2.43. The van der Waals surface area contributed by atoms with Gasteiger partial charge in [0.05, 0.1) is 0 Å². The third kappa shape index (κ3) is 3.06. The van der Waals surface area contributed by atoms with Crippen molar-refractivity contribution in [3.8, 4) is 0 Å². The van der Waals surface area contributed by atoms with Crippen LogP contribution in [0.4, 0.5) is 4.79 Å². The van der Waals surface area contributed by atoms with Crippen LogP contribution in [-0.4, -0.2) is 64.9 Å². The van der Waals surface area contributed by atoms with Crippen molar-refractivity contribution in [1.29, 1.82) is 0 Å². The van der Waals surface area contributed by atoms with Gasteiger partial charge >= 0.3 is 6.03 Å². The minimum atomic E-state index is -0.837. The summed E-state index contributed by atoms with van der Waals surface area (Å²) in [5.41, 5.74) is -0.837. The average Bonchev–Trinajstić information content (AvgIpc) is 2.84. The van der Waals surface area contributed by atoms with E-state index in [-0.39, 0.29) is 17.8 Å². The molecule has 23 heavy (non-hydrogen) atoms. The molecule has 3 fully saturated rings. The van der Waals surface area contributed by atoms with Gasteiger partial charge < -0.3 is 15.5 Å². The zero-order valence-electron chi connectivity index (χ0n) is 13.9. The van der Waals surface area contributed by atoms with Crippen molar-refractivity contribution < 1.29 is 14.4 Å². The highest BCUT2D eigenvalue weighted by Crippen LogP contribution is 2.28. The van der Waals surface area contributed by atoms with Crippen LogP contribution in [0, 0.1) is 0 Å². The quantitative estimate of drug-likeness (QED) is 0.736. The predicted molar refractivity (Wildman–Crippen MR) is 84.7 cm³/mol. The molecule has 0 aromatic rings. The van der Waals surface area contributed by atoms with Gasteiger partial charge in [0.25, 0.3) is 5.91 Å². The molecule has 0 aromatic heterocycles. The first kappa shape index (κ1) is 16.2. The Morgan fingerprint density at radius 3 is 2.65 bits per heavy atom. The lowest BCUT2D eigenvalue weighted by molar-refractivity contribution is -0.135. The summed E-state index contributed by atoms with van der Waals surface area (Å²) < 4.78 is 0. The standard InChI is InChI=1S/C16H26N4O3/c1-16(2)14(22)19(15(23)18-16)9-3-4-13(21)20-11-5-6-12(20)10-17-8-7-11/h11-12,17H,3-10H2,1-2H3,(H,18,23). The Kier molecular flexibility index (Phi) is 4.31. The number of carbonyl (C=O) groups excluding carboxylic acids is 3. The topological polar surface area (TPSA) is 81.8 Å². The predicted octanol–water partition coefficient (Wildman–Crippen LogP) is 0.450. The van der Waals surface area contributed by atoms with E-state index in [1.54, 1.807) is 13.8 Å². The lowest BCUT2D eigenvalue weighted by atomic mass is 10.1. The van der Waals surface area contributed by atoms with Gasteiger partial charge in [-0.25, -0.2) is 4.79 Å². The Balaban J connectivity index is 1.52. The fraction of sp³-hybridized carbons (Fsp3) is 0.812. The molecule has 3 aliphatic heterocycles. The number of rotatable bonds is 4. The Morgan fingerprint density at radius 2 is 1.96 bits per heavy atom. The van der Waals surface area contributed by atoms with Crippen molar-refractivity contribution in [3.05, 3.63) is 0 Å². The number of hydrogen-bond acceptors (Lipinski definition) is 4. The molecule has 0 aromatic carbocycles. The summed E-state index contributed by atoms with van der Waals surface area (Å²) in [7, 11) is 0. The lowest BCUT2D eigenvalue weighted by Gasteiger charge is -2.28. The molecule has 3 heterocycles. The first-order valence-electron chi connectivity index (χ1n) is 8.56. The SMILES string of the molecule is CC1(C)NC(=O)N(CCCC(=O)N2C3CCNCC2CC3)C1=O. The smallest absolute Gasteiger partial charge is 0.325 e. The number of nitrogens with one attached hydrogen (secondary N) is 2. The normalized spacial score (nSPS) is 29.7. The van der Waals surface area contributed by atoms with Crippen LogP contribution in [0.15, 0.2) is 0 Å². The maximum absolute atomic E-state index is 12.6. The minimum absolute atomic E-state index is 0.160. The van der Waals surface area contributed by atoms with Gasteiger partial charge in [0.1, 0.15) is 5.54 Å². The average molecular weight is 322 g/mol. The molecule has 3 rings (SSSR count). The minimum Gasteiger partial charge on any atom is -0.335 e. The van der Waals surface area contributed by atoms with Gasteiger partial charge in [-0.15, -0.1) is 0 Å². The van der Waals surface area contributed by atoms with E-state index >= 15 is 0 Å². The Labute approximate surface area is 136 Å². The second kappa shape index (κ2) is 6.11. The Morgan fingerprint density at radius 1 is 1.22 bits per heavy atom. The van der Waals surface area contributed by atoms with Crippen molar-refractivity contribution >= 4 is 17.8 Å². The van der Waals surface area contributed by atoms with Crippen molar-refractivity contribution in [2.24, 2.45) is 0 Å². The molecule has 2 unspecified atom stereocenters. The van der Waals surface area contributed by atoms with Crippen molar-refractivity contribution in [1.82, 2.24) is 20.4 Å². The van der Waals surface area contributed by atoms with Crippen molar-refractivity contribution in [3.63, 3.8) is 0 Å². The fourth-order valence-corrected chi connectivity index (χ4v) is 3.93. The molecule has 3 saturated heterocycles. The number of nitrogens with zero attached hydrogens (tertiary/aromatic N) is 2. The summed E-state index contributed by atoms with van der Waals surface area (Å²) in [6.07, 6.45) is 4.11. The molecule has 2 bridgehead atoms. The Bertz CT molecular complexity index is 505. The first-order valence-corrected chi connectivity index (χ1v) is 8.56. The molecule has 2 N–H and O–H groups in total. The number of fused-ring (bicyclic) bond motifs is 2. The molecule has 7 heteroatoms. The zero-order chi connectivity index (χ0) is 16.6. The number of imide groups is 1. The van der Waals surface area contributed by atoms with Crippen LogP contribution < -0.4 is 10.6 Å². The van der Waals surface area contributed by atoms with E-state index in [1.807, 2.05) is 0 Å². The third-order valence-corrected chi connectivity index (χ3v) is 5.16. The van der Waals surface area contributed by atoms with Gasteiger partial charge in [-0.1, -0.05) is 0 Å². The number of amides is 4. The van der Waals surface area contributed by atoms with E-state index in [4.69, 9.17) is 0 Å². The van der Waals surface area contributed by atoms with Crippen LogP contribution in [-0.2, 0) is 9.59 Å². The van der Waals surface area contributed by atoms with Gasteiger partial charge in [-0.2, -0.15) is 0 Å². The van der Waals surface area contributed by atoms with E-state index in [0.717, 1.165) is 32.4 Å². The van der Waals surface area contributed by atoms with Crippen LogP contribution in [0.3, 0.4) is 0 Å². The Hall–Kier alpha value is -1.63. The fourth-order valence-electron chi connectivity index (χ4n) is 3.93. The van der Waals surface area contributed by atoms with E-state index in [2.05, 4.69) is 15.5 Å². The molecule has 0 aliphatic carbocycles. The largest absolute Gasteiger partial charge is 0.335 e. The number of urea groups is 1. The third-order valence-electron chi connectivity index (χ3n) is 5.16. The second-order valence-corrected chi connectivity index (χ2v) is 7.29. The highest BCUT2D eigenvalue weighted by Gasteiger charge is 2.44. The summed E-state index contributed by atoms with van der Waals surface area (Å²) in [4.78, 5) is 39.8. The maximum Gasteiger partial charge on any atom is 0.325 e. The van der Waals surface area contributed by atoms with Gasteiger partial charge in [-0.3, -0.25) is 14.5 Å². The molecule has 2 atom stereocenters. The summed E-state index contributed by atoms with van der Waals surface area (Å²) >= 11 is 0. The van der Waals surface area contributed by atoms with Gasteiger partial charge in [0.15, 0.2) is 0 Å². The highest BCUT2D eigenvalue weighted by atomic mass is 16.2.